The highest BCUT2D eigenvalue weighted by Crippen LogP contribution is 2.33. The topological polar surface area (TPSA) is 16.1 Å². The molecule has 1 saturated heterocycles. The van der Waals surface area contributed by atoms with Crippen molar-refractivity contribution in [2.45, 2.75) is 12.8 Å². The SMILES string of the molecule is Fc1cccc2c(Br)cnc(N3CCCC3)c12. The number of halogens is 2. The first kappa shape index (κ1) is 11.0. The van der Waals surface area contributed by atoms with Crippen molar-refractivity contribution < 1.29 is 4.39 Å². The molecule has 88 valence electrons. The lowest BCUT2D eigenvalue weighted by atomic mass is 10.1. The minimum Gasteiger partial charge on any atom is -0.356 e. The van der Waals surface area contributed by atoms with E-state index in [0.717, 1.165) is 41.6 Å². The molecule has 1 fully saturated rings. The first-order chi connectivity index (χ1) is 8.27. The summed E-state index contributed by atoms with van der Waals surface area (Å²) < 4.78 is 14.8. The Morgan fingerprint density at radius 1 is 1.24 bits per heavy atom. The quantitative estimate of drug-likeness (QED) is 0.797. The van der Waals surface area contributed by atoms with Crippen LogP contribution in [0.1, 0.15) is 12.8 Å². The van der Waals surface area contributed by atoms with E-state index in [2.05, 4.69) is 25.8 Å². The van der Waals surface area contributed by atoms with Gasteiger partial charge in [-0.15, -0.1) is 0 Å². The van der Waals surface area contributed by atoms with Crippen molar-refractivity contribution in [1.82, 2.24) is 4.98 Å². The van der Waals surface area contributed by atoms with Gasteiger partial charge in [-0.25, -0.2) is 9.37 Å². The lowest BCUT2D eigenvalue weighted by Gasteiger charge is -2.19. The molecule has 0 saturated carbocycles. The Hall–Kier alpha value is -1.16. The van der Waals surface area contributed by atoms with Crippen molar-refractivity contribution in [2.75, 3.05) is 18.0 Å². The zero-order valence-corrected chi connectivity index (χ0v) is 10.9. The molecule has 1 aliphatic rings. The summed E-state index contributed by atoms with van der Waals surface area (Å²) in [5.74, 6) is 0.581. The first-order valence-corrected chi connectivity index (χ1v) is 6.54. The number of hydrogen-bond donors (Lipinski definition) is 0. The molecule has 2 nitrogen and oxygen atoms in total. The van der Waals surface area contributed by atoms with Crippen LogP contribution in [0.25, 0.3) is 10.8 Å². The predicted molar refractivity (Wildman–Crippen MR) is 70.8 cm³/mol. The van der Waals surface area contributed by atoms with E-state index in [1.807, 2.05) is 6.07 Å². The number of pyridine rings is 1. The Labute approximate surface area is 108 Å². The largest absolute Gasteiger partial charge is 0.356 e. The zero-order chi connectivity index (χ0) is 11.8. The smallest absolute Gasteiger partial charge is 0.139 e. The minimum atomic E-state index is -0.196. The number of rotatable bonds is 1. The zero-order valence-electron chi connectivity index (χ0n) is 9.29. The van der Waals surface area contributed by atoms with Crippen LogP contribution in [0.15, 0.2) is 28.9 Å². The molecule has 17 heavy (non-hydrogen) atoms. The van der Waals surface area contributed by atoms with Gasteiger partial charge in [0.2, 0.25) is 0 Å². The highest BCUT2D eigenvalue weighted by atomic mass is 79.9. The lowest BCUT2D eigenvalue weighted by molar-refractivity contribution is 0.639. The molecule has 3 rings (SSSR count). The molecule has 0 atom stereocenters. The van der Waals surface area contributed by atoms with Crippen LogP contribution in [0, 0.1) is 5.82 Å². The number of fused-ring (bicyclic) bond motifs is 1. The van der Waals surface area contributed by atoms with Crippen LogP contribution >= 0.6 is 15.9 Å². The number of aromatic nitrogens is 1. The van der Waals surface area contributed by atoms with Crippen LogP contribution in [0.4, 0.5) is 10.2 Å². The number of anilines is 1. The lowest BCUT2D eigenvalue weighted by Crippen LogP contribution is -2.19. The van der Waals surface area contributed by atoms with Gasteiger partial charge in [-0.05, 0) is 34.8 Å². The van der Waals surface area contributed by atoms with Crippen molar-refractivity contribution in [3.05, 3.63) is 34.7 Å². The minimum absolute atomic E-state index is 0.196. The Bertz CT molecular complexity index is 565. The third-order valence-electron chi connectivity index (χ3n) is 3.20. The number of hydrogen-bond acceptors (Lipinski definition) is 2. The summed E-state index contributed by atoms with van der Waals surface area (Å²) >= 11 is 3.43. The van der Waals surface area contributed by atoms with Gasteiger partial charge in [0.1, 0.15) is 11.6 Å². The fourth-order valence-electron chi connectivity index (χ4n) is 2.37. The van der Waals surface area contributed by atoms with Crippen LogP contribution in [0.5, 0.6) is 0 Å². The average molecular weight is 295 g/mol. The maximum atomic E-state index is 14.0. The van der Waals surface area contributed by atoms with Gasteiger partial charge in [0.15, 0.2) is 0 Å². The summed E-state index contributed by atoms with van der Waals surface area (Å²) in [5.41, 5.74) is 0. The normalized spacial score (nSPS) is 15.8. The first-order valence-electron chi connectivity index (χ1n) is 5.75. The second-order valence-electron chi connectivity index (χ2n) is 4.29. The van der Waals surface area contributed by atoms with Gasteiger partial charge in [0.25, 0.3) is 0 Å². The second-order valence-corrected chi connectivity index (χ2v) is 5.14. The Morgan fingerprint density at radius 3 is 2.76 bits per heavy atom. The third kappa shape index (κ3) is 1.80. The Balaban J connectivity index is 2.27. The van der Waals surface area contributed by atoms with Crippen LogP contribution in [-0.2, 0) is 0 Å². The van der Waals surface area contributed by atoms with Gasteiger partial charge in [0.05, 0.1) is 5.39 Å². The van der Waals surface area contributed by atoms with Gasteiger partial charge in [-0.3, -0.25) is 0 Å². The van der Waals surface area contributed by atoms with E-state index in [4.69, 9.17) is 0 Å². The summed E-state index contributed by atoms with van der Waals surface area (Å²) in [6, 6.07) is 5.15. The Morgan fingerprint density at radius 2 is 2.00 bits per heavy atom. The maximum Gasteiger partial charge on any atom is 0.139 e. The molecule has 4 heteroatoms. The second kappa shape index (κ2) is 4.26. The van der Waals surface area contributed by atoms with Crippen molar-refractivity contribution >= 4 is 32.5 Å². The van der Waals surface area contributed by atoms with E-state index in [1.165, 1.54) is 6.07 Å². The standard InChI is InChI=1S/C13H12BrFN2/c14-10-8-16-13(17-6-1-2-7-17)12-9(10)4-3-5-11(12)15/h3-5,8H,1-2,6-7H2. The van der Waals surface area contributed by atoms with Crippen LogP contribution in [-0.4, -0.2) is 18.1 Å². The Kier molecular flexibility index (Phi) is 2.74. The van der Waals surface area contributed by atoms with Crippen molar-refractivity contribution in [3.8, 4) is 0 Å². The molecular weight excluding hydrogens is 283 g/mol. The highest BCUT2D eigenvalue weighted by molar-refractivity contribution is 9.10. The molecule has 2 aromatic rings. The summed E-state index contributed by atoms with van der Waals surface area (Å²) in [4.78, 5) is 6.55. The molecule has 0 radical (unpaired) electrons. The molecule has 0 aliphatic carbocycles. The van der Waals surface area contributed by atoms with E-state index < -0.39 is 0 Å². The fourth-order valence-corrected chi connectivity index (χ4v) is 2.80. The molecule has 2 heterocycles. The van der Waals surface area contributed by atoms with Crippen LogP contribution < -0.4 is 4.90 Å². The molecule has 0 spiro atoms. The molecule has 0 N–H and O–H groups in total. The maximum absolute atomic E-state index is 14.0. The summed E-state index contributed by atoms with van der Waals surface area (Å²) in [5, 5.41) is 1.52. The molecule has 1 aromatic carbocycles. The summed E-state index contributed by atoms with van der Waals surface area (Å²) in [7, 11) is 0. The van der Waals surface area contributed by atoms with Gasteiger partial charge >= 0.3 is 0 Å². The van der Waals surface area contributed by atoms with Gasteiger partial charge in [-0.1, -0.05) is 12.1 Å². The molecular formula is C13H12BrFN2. The molecule has 1 aliphatic heterocycles. The molecule has 0 amide bonds. The molecule has 0 bridgehead atoms. The fraction of sp³-hybridized carbons (Fsp3) is 0.308. The van der Waals surface area contributed by atoms with Crippen molar-refractivity contribution in [2.24, 2.45) is 0 Å². The van der Waals surface area contributed by atoms with Gasteiger partial charge in [-0.2, -0.15) is 0 Å². The summed E-state index contributed by atoms with van der Waals surface area (Å²) in [6.07, 6.45) is 4.08. The number of nitrogens with zero attached hydrogens (tertiary/aromatic N) is 2. The highest BCUT2D eigenvalue weighted by Gasteiger charge is 2.19. The van der Waals surface area contributed by atoms with Gasteiger partial charge in [0, 0.05) is 29.1 Å². The third-order valence-corrected chi connectivity index (χ3v) is 3.83. The van der Waals surface area contributed by atoms with E-state index in [0.29, 0.717) is 5.39 Å². The molecule has 1 aromatic heterocycles. The number of benzene rings is 1. The van der Waals surface area contributed by atoms with E-state index in [9.17, 15) is 4.39 Å². The van der Waals surface area contributed by atoms with E-state index in [1.54, 1.807) is 12.3 Å². The monoisotopic (exact) mass is 294 g/mol. The van der Waals surface area contributed by atoms with Crippen LogP contribution in [0.3, 0.4) is 0 Å². The average Bonchev–Trinajstić information content (AvgIpc) is 2.84. The molecule has 0 unspecified atom stereocenters. The predicted octanol–water partition coefficient (Wildman–Crippen LogP) is 3.74. The summed E-state index contributed by atoms with van der Waals surface area (Å²) in [6.45, 7) is 1.94. The van der Waals surface area contributed by atoms with E-state index in [-0.39, 0.29) is 5.82 Å². The van der Waals surface area contributed by atoms with Gasteiger partial charge < -0.3 is 4.90 Å². The van der Waals surface area contributed by atoms with E-state index >= 15 is 0 Å². The van der Waals surface area contributed by atoms with Crippen molar-refractivity contribution in [3.63, 3.8) is 0 Å². The van der Waals surface area contributed by atoms with Crippen molar-refractivity contribution in [1.29, 1.82) is 0 Å². The van der Waals surface area contributed by atoms with Crippen LogP contribution in [0.2, 0.25) is 0 Å².